The molecule has 0 spiro atoms. The van der Waals surface area contributed by atoms with Crippen LogP contribution in [0.2, 0.25) is 0 Å². The number of benzene rings is 9. The molecule has 59 heavy (non-hydrogen) atoms. The Bertz CT molecular complexity index is 3260. The van der Waals surface area contributed by atoms with E-state index in [1.807, 2.05) is 30.3 Å². The lowest BCUT2D eigenvalue weighted by atomic mass is 9.95. The van der Waals surface area contributed by atoms with Gasteiger partial charge in [-0.2, -0.15) is 0 Å². The van der Waals surface area contributed by atoms with Gasteiger partial charge in [0.2, 0.25) is 0 Å². The molecule has 0 aliphatic rings. The monoisotopic (exact) mass is 753 g/mol. The van der Waals surface area contributed by atoms with E-state index >= 15 is 0 Å². The molecule has 0 aliphatic carbocycles. The van der Waals surface area contributed by atoms with E-state index < -0.39 is 0 Å². The van der Waals surface area contributed by atoms with Crippen LogP contribution in [-0.4, -0.2) is 15.0 Å². The average Bonchev–Trinajstić information content (AvgIpc) is 3.71. The topological polar surface area (TPSA) is 51.8 Å². The van der Waals surface area contributed by atoms with Crippen LogP contribution in [-0.2, 0) is 0 Å². The summed E-state index contributed by atoms with van der Waals surface area (Å²) in [6.45, 7) is 0. The van der Waals surface area contributed by atoms with Crippen LogP contribution in [0.3, 0.4) is 0 Å². The highest BCUT2D eigenvalue weighted by Crippen LogP contribution is 2.40. The molecule has 9 aromatic carbocycles. The number of rotatable bonds is 7. The molecule has 0 amide bonds. The standard InChI is InChI=1S/C55H35N3O/c1-4-15-36(16-5-1)40-22-12-24-42(31-40)53-56-54(58-55(57-53)46-34-44(37-17-6-2-7-18-37)33-45(35-46)38-19-8-3-9-20-38)43-25-13-23-41(32-43)47-27-14-21-39-29-30-49-48-26-10-11-28-50(48)59-52(49)51(39)47/h1-35H. The van der Waals surface area contributed by atoms with Crippen LogP contribution < -0.4 is 0 Å². The van der Waals surface area contributed by atoms with Gasteiger partial charge in [-0.05, 0) is 92.4 Å². The zero-order valence-corrected chi connectivity index (χ0v) is 32.0. The number of nitrogens with zero attached hydrogens (tertiary/aromatic N) is 3. The van der Waals surface area contributed by atoms with Crippen LogP contribution in [0.25, 0.3) is 111 Å². The van der Waals surface area contributed by atoms with Crippen molar-refractivity contribution >= 4 is 32.7 Å². The Hall–Kier alpha value is -7.95. The largest absolute Gasteiger partial charge is 0.455 e. The Morgan fingerprint density at radius 2 is 0.746 bits per heavy atom. The zero-order chi connectivity index (χ0) is 39.1. The van der Waals surface area contributed by atoms with Crippen molar-refractivity contribution in [3.63, 3.8) is 0 Å². The molecule has 276 valence electrons. The van der Waals surface area contributed by atoms with Gasteiger partial charge in [-0.25, -0.2) is 15.0 Å². The number of aromatic nitrogens is 3. The number of fused-ring (bicyclic) bond motifs is 5. The first-order valence-electron chi connectivity index (χ1n) is 19.8. The highest BCUT2D eigenvalue weighted by atomic mass is 16.3. The van der Waals surface area contributed by atoms with E-state index in [-0.39, 0.29) is 0 Å². The van der Waals surface area contributed by atoms with Crippen LogP contribution in [0.15, 0.2) is 217 Å². The third kappa shape index (κ3) is 6.43. The van der Waals surface area contributed by atoms with Crippen LogP contribution in [0.1, 0.15) is 0 Å². The Morgan fingerprint density at radius 3 is 1.39 bits per heavy atom. The molecule has 0 atom stereocenters. The number of hydrogen-bond donors (Lipinski definition) is 0. The van der Waals surface area contributed by atoms with Crippen LogP contribution in [0.4, 0.5) is 0 Å². The normalized spacial score (nSPS) is 11.4. The van der Waals surface area contributed by atoms with Crippen molar-refractivity contribution in [3.05, 3.63) is 212 Å². The lowest BCUT2D eigenvalue weighted by Crippen LogP contribution is -2.01. The van der Waals surface area contributed by atoms with Gasteiger partial charge in [0, 0.05) is 32.8 Å². The zero-order valence-electron chi connectivity index (χ0n) is 32.0. The fourth-order valence-electron chi connectivity index (χ4n) is 8.20. The summed E-state index contributed by atoms with van der Waals surface area (Å²) < 4.78 is 6.56. The summed E-state index contributed by atoms with van der Waals surface area (Å²) in [5.41, 5.74) is 13.3. The highest BCUT2D eigenvalue weighted by Gasteiger charge is 2.18. The minimum Gasteiger partial charge on any atom is -0.455 e. The molecule has 11 rings (SSSR count). The van der Waals surface area contributed by atoms with Gasteiger partial charge in [-0.3, -0.25) is 0 Å². The van der Waals surface area contributed by atoms with Crippen molar-refractivity contribution in [3.8, 4) is 78.7 Å². The summed E-state index contributed by atoms with van der Waals surface area (Å²) in [7, 11) is 0. The number of hydrogen-bond acceptors (Lipinski definition) is 4. The lowest BCUT2D eigenvalue weighted by molar-refractivity contribution is 0.673. The van der Waals surface area contributed by atoms with Gasteiger partial charge in [-0.1, -0.05) is 170 Å². The van der Waals surface area contributed by atoms with Crippen molar-refractivity contribution in [2.45, 2.75) is 0 Å². The van der Waals surface area contributed by atoms with Crippen LogP contribution in [0.5, 0.6) is 0 Å². The molecule has 0 fully saturated rings. The Labute approximate surface area is 341 Å². The molecular weight excluding hydrogens is 719 g/mol. The summed E-state index contributed by atoms with van der Waals surface area (Å²) in [6.07, 6.45) is 0. The molecule has 0 aliphatic heterocycles. The molecule has 0 bridgehead atoms. The third-order valence-corrected chi connectivity index (χ3v) is 11.1. The minimum atomic E-state index is 0.595. The molecular formula is C55H35N3O. The second-order valence-corrected chi connectivity index (χ2v) is 14.8. The molecule has 0 N–H and O–H groups in total. The molecule has 0 saturated carbocycles. The molecule has 2 heterocycles. The van der Waals surface area contributed by atoms with Crippen molar-refractivity contribution in [2.75, 3.05) is 0 Å². The fraction of sp³-hybridized carbons (Fsp3) is 0. The van der Waals surface area contributed by atoms with E-state index in [1.165, 1.54) is 0 Å². The van der Waals surface area contributed by atoms with E-state index in [2.05, 4.69) is 182 Å². The van der Waals surface area contributed by atoms with Gasteiger partial charge >= 0.3 is 0 Å². The second-order valence-electron chi connectivity index (χ2n) is 14.8. The third-order valence-electron chi connectivity index (χ3n) is 11.1. The summed E-state index contributed by atoms with van der Waals surface area (Å²) in [5.74, 6) is 1.80. The summed E-state index contributed by atoms with van der Waals surface area (Å²) in [5, 5.41) is 4.42. The van der Waals surface area contributed by atoms with E-state index in [1.54, 1.807) is 0 Å². The quantitative estimate of drug-likeness (QED) is 0.163. The van der Waals surface area contributed by atoms with Crippen LogP contribution in [0, 0.1) is 0 Å². The van der Waals surface area contributed by atoms with Crippen molar-refractivity contribution in [2.24, 2.45) is 0 Å². The first-order chi connectivity index (χ1) is 29.2. The van der Waals surface area contributed by atoms with E-state index in [4.69, 9.17) is 19.4 Å². The first kappa shape index (κ1) is 34.3. The molecule has 0 unspecified atom stereocenters. The summed E-state index contributed by atoms with van der Waals surface area (Å²) in [6, 6.07) is 74.0. The Morgan fingerprint density at radius 1 is 0.288 bits per heavy atom. The molecule has 0 saturated heterocycles. The summed E-state index contributed by atoms with van der Waals surface area (Å²) in [4.78, 5) is 15.8. The Balaban J connectivity index is 1.11. The smallest absolute Gasteiger partial charge is 0.164 e. The van der Waals surface area contributed by atoms with Gasteiger partial charge < -0.3 is 4.42 Å². The molecule has 4 heteroatoms. The highest BCUT2D eigenvalue weighted by molar-refractivity contribution is 6.19. The van der Waals surface area contributed by atoms with Crippen LogP contribution >= 0.6 is 0 Å². The van der Waals surface area contributed by atoms with Gasteiger partial charge in [0.15, 0.2) is 17.5 Å². The number of para-hydroxylation sites is 1. The van der Waals surface area contributed by atoms with Gasteiger partial charge in [0.1, 0.15) is 11.2 Å². The van der Waals surface area contributed by atoms with E-state index in [9.17, 15) is 0 Å². The molecule has 2 aromatic heterocycles. The second kappa shape index (κ2) is 14.5. The lowest BCUT2D eigenvalue weighted by Gasteiger charge is -2.13. The van der Waals surface area contributed by atoms with Gasteiger partial charge in [0.25, 0.3) is 0 Å². The number of furan rings is 1. The summed E-state index contributed by atoms with van der Waals surface area (Å²) >= 11 is 0. The maximum Gasteiger partial charge on any atom is 0.164 e. The van der Waals surface area contributed by atoms with Gasteiger partial charge in [0.05, 0.1) is 0 Å². The Kier molecular flexibility index (Phi) is 8.45. The maximum atomic E-state index is 6.56. The fourth-order valence-corrected chi connectivity index (χ4v) is 8.20. The van der Waals surface area contributed by atoms with E-state index in [0.717, 1.165) is 93.9 Å². The minimum absolute atomic E-state index is 0.595. The van der Waals surface area contributed by atoms with Crippen molar-refractivity contribution in [1.29, 1.82) is 0 Å². The molecule has 11 aromatic rings. The predicted molar refractivity (Wildman–Crippen MR) is 243 cm³/mol. The van der Waals surface area contributed by atoms with Crippen molar-refractivity contribution < 1.29 is 4.42 Å². The average molecular weight is 754 g/mol. The molecule has 0 radical (unpaired) electrons. The molecule has 4 nitrogen and oxygen atoms in total. The van der Waals surface area contributed by atoms with Gasteiger partial charge in [-0.15, -0.1) is 0 Å². The predicted octanol–water partition coefficient (Wildman–Crippen LogP) is 14.6. The maximum absolute atomic E-state index is 6.56. The first-order valence-corrected chi connectivity index (χ1v) is 19.8. The van der Waals surface area contributed by atoms with Crippen molar-refractivity contribution in [1.82, 2.24) is 15.0 Å². The SMILES string of the molecule is c1ccc(-c2cccc(-c3nc(-c4cc(-c5ccccc5)cc(-c5ccccc5)c4)nc(-c4cccc(-c5cccc6ccc7c8ccccc8oc7c56)c4)n3)c2)cc1. The van der Waals surface area contributed by atoms with E-state index in [0.29, 0.717) is 17.5 Å².